The Morgan fingerprint density at radius 1 is 1.43 bits per heavy atom. The van der Waals surface area contributed by atoms with E-state index in [0.29, 0.717) is 0 Å². The molecule has 0 aromatic rings. The van der Waals surface area contributed by atoms with Crippen LogP contribution in [0.25, 0.3) is 0 Å². The first-order valence-electron chi connectivity index (χ1n) is 2.55. The number of hydrogen-bond donors (Lipinski definition) is 0. The van der Waals surface area contributed by atoms with Gasteiger partial charge in [0.15, 0.2) is 0 Å². The summed E-state index contributed by atoms with van der Waals surface area (Å²) in [6, 6.07) is 0. The average molecular weight is 165 g/mol. The molecule has 0 atom stereocenters. The molecule has 0 aromatic carbocycles. The van der Waals surface area contributed by atoms with Crippen LogP contribution >= 0.6 is 0 Å². The normalized spacial score (nSPS) is 9.00. The molecule has 0 bridgehead atoms. The molecule has 0 rings (SSSR count). The van der Waals surface area contributed by atoms with Crippen LogP contribution in [-0.2, 0) is 0 Å². The van der Waals surface area contributed by atoms with E-state index in [0.717, 1.165) is 12.8 Å². The van der Waals surface area contributed by atoms with Gasteiger partial charge in [-0.05, 0) is 0 Å². The summed E-state index contributed by atoms with van der Waals surface area (Å²) >= 11 is -3.57. The Hall–Kier alpha value is 0.496. The molecule has 7 heavy (non-hydrogen) atoms. The molecule has 0 saturated carbocycles. The zero-order chi connectivity index (χ0) is 5.70. The van der Waals surface area contributed by atoms with Crippen molar-refractivity contribution in [1.29, 1.82) is 0 Å². The van der Waals surface area contributed by atoms with Gasteiger partial charge in [0.05, 0.1) is 0 Å². The third-order valence-electron chi connectivity index (χ3n) is 0.776. The predicted octanol–water partition coefficient (Wildman–Crippen LogP) is 2.21. The van der Waals surface area contributed by atoms with Gasteiger partial charge in [-0.1, -0.05) is 0 Å². The van der Waals surface area contributed by atoms with Crippen molar-refractivity contribution < 1.29 is 6.57 Å². The van der Waals surface area contributed by atoms with Crippen LogP contribution in [0.5, 0.6) is 0 Å². The van der Waals surface area contributed by atoms with Gasteiger partial charge in [0.1, 0.15) is 0 Å². The molecule has 0 unspecified atom stereocenters. The SMILES string of the molecule is CCC[CH2][Ga]([F])[F]. The van der Waals surface area contributed by atoms with Gasteiger partial charge in [0.2, 0.25) is 0 Å². The zero-order valence-corrected chi connectivity index (χ0v) is 6.88. The maximum absolute atomic E-state index is 11.4. The van der Waals surface area contributed by atoms with Crippen molar-refractivity contribution in [1.82, 2.24) is 0 Å². The van der Waals surface area contributed by atoms with Crippen LogP contribution in [0.4, 0.5) is 6.57 Å². The topological polar surface area (TPSA) is 0 Å². The van der Waals surface area contributed by atoms with E-state index in [2.05, 4.69) is 0 Å². The first-order valence-corrected chi connectivity index (χ1v) is 6.10. The molecule has 0 saturated heterocycles. The van der Waals surface area contributed by atoms with Crippen LogP contribution in [0.1, 0.15) is 19.8 Å². The number of halogens is 2. The van der Waals surface area contributed by atoms with Crippen LogP contribution in [0.3, 0.4) is 0 Å². The molecule has 0 nitrogen and oxygen atoms in total. The van der Waals surface area contributed by atoms with Crippen molar-refractivity contribution in [2.24, 2.45) is 0 Å². The van der Waals surface area contributed by atoms with Crippen molar-refractivity contribution in [2.75, 3.05) is 0 Å². The minimum absolute atomic E-state index is 0.253. The van der Waals surface area contributed by atoms with E-state index < -0.39 is 17.2 Å². The first-order chi connectivity index (χ1) is 3.27. The minimum atomic E-state index is -3.57. The monoisotopic (exact) mass is 164 g/mol. The molecule has 0 heterocycles. The molecule has 0 aliphatic heterocycles. The molecule has 0 radical (unpaired) electrons. The number of unbranched alkanes of at least 4 members (excludes halogenated alkanes) is 1. The molecule has 0 aromatic heterocycles. The van der Waals surface area contributed by atoms with Gasteiger partial charge in [-0.25, -0.2) is 0 Å². The van der Waals surface area contributed by atoms with Gasteiger partial charge >= 0.3 is 48.5 Å². The van der Waals surface area contributed by atoms with E-state index in [1.165, 1.54) is 0 Å². The van der Waals surface area contributed by atoms with E-state index in [1.54, 1.807) is 0 Å². The van der Waals surface area contributed by atoms with Crippen molar-refractivity contribution in [3.8, 4) is 0 Å². The van der Waals surface area contributed by atoms with E-state index in [-0.39, 0.29) is 4.98 Å². The fraction of sp³-hybridized carbons (Fsp3) is 1.00. The Balaban J connectivity index is 2.68. The van der Waals surface area contributed by atoms with E-state index >= 15 is 0 Å². The molecule has 0 fully saturated rings. The molecule has 0 aliphatic carbocycles. The third kappa shape index (κ3) is 6.50. The molecular formula is C4H9F2Ga. The molecule has 3 heteroatoms. The fourth-order valence-corrected chi connectivity index (χ4v) is 1.86. The molecule has 0 spiro atoms. The van der Waals surface area contributed by atoms with Crippen LogP contribution in [0.2, 0.25) is 4.98 Å². The van der Waals surface area contributed by atoms with Crippen molar-refractivity contribution in [3.63, 3.8) is 0 Å². The summed E-state index contributed by atoms with van der Waals surface area (Å²) in [6.07, 6.45) is 1.65. The summed E-state index contributed by atoms with van der Waals surface area (Å²) in [5, 5.41) is 0. The van der Waals surface area contributed by atoms with Gasteiger partial charge in [0.25, 0.3) is 0 Å². The van der Waals surface area contributed by atoms with Crippen LogP contribution in [0, 0.1) is 0 Å². The summed E-state index contributed by atoms with van der Waals surface area (Å²) in [7, 11) is 0. The Morgan fingerprint density at radius 3 is 2.14 bits per heavy atom. The predicted molar refractivity (Wildman–Crippen MR) is 27.7 cm³/mol. The quantitative estimate of drug-likeness (QED) is 0.562. The number of hydrogen-bond acceptors (Lipinski definition) is 0. The Morgan fingerprint density at radius 2 is 2.00 bits per heavy atom. The molecular weight excluding hydrogens is 156 g/mol. The average Bonchev–Trinajstić information content (AvgIpc) is 1.61. The van der Waals surface area contributed by atoms with Gasteiger partial charge in [-0.2, -0.15) is 0 Å². The molecule has 0 N–H and O–H groups in total. The molecule has 0 amide bonds. The first kappa shape index (κ1) is 7.50. The summed E-state index contributed by atoms with van der Waals surface area (Å²) in [5.74, 6) is 0. The number of rotatable bonds is 3. The van der Waals surface area contributed by atoms with Crippen molar-refractivity contribution >= 4 is 17.2 Å². The molecule has 42 valence electrons. The van der Waals surface area contributed by atoms with E-state index in [4.69, 9.17) is 0 Å². The van der Waals surface area contributed by atoms with Gasteiger partial charge in [0, 0.05) is 0 Å². The van der Waals surface area contributed by atoms with Crippen LogP contribution in [-0.4, -0.2) is 17.2 Å². The summed E-state index contributed by atoms with van der Waals surface area (Å²) in [6.45, 7) is 1.94. The summed E-state index contributed by atoms with van der Waals surface area (Å²) in [5.41, 5.74) is 0. The standard InChI is InChI=1S/C4H9.2FH.Ga/c1-3-4-2;;;/h1,3-4H2,2H3;2*1H;/q;;;+2/p-2. The van der Waals surface area contributed by atoms with E-state index in [1.807, 2.05) is 6.92 Å². The van der Waals surface area contributed by atoms with Crippen molar-refractivity contribution in [2.45, 2.75) is 24.7 Å². The molecule has 0 aliphatic rings. The second-order valence-corrected chi connectivity index (χ2v) is 4.39. The fourth-order valence-electron chi connectivity index (χ4n) is 0.358. The van der Waals surface area contributed by atoms with Gasteiger partial charge in [-0.3, -0.25) is 0 Å². The second kappa shape index (κ2) is 4.65. The zero-order valence-electron chi connectivity index (χ0n) is 4.45. The summed E-state index contributed by atoms with van der Waals surface area (Å²) in [4.78, 5) is 0.253. The third-order valence-corrected chi connectivity index (χ3v) is 2.55. The Bertz CT molecular complexity index is 38.7. The Labute approximate surface area is 49.1 Å². The van der Waals surface area contributed by atoms with Crippen molar-refractivity contribution in [3.05, 3.63) is 0 Å². The van der Waals surface area contributed by atoms with Crippen LogP contribution < -0.4 is 0 Å². The van der Waals surface area contributed by atoms with Crippen LogP contribution in [0.15, 0.2) is 0 Å². The Kier molecular flexibility index (Phi) is 4.98. The second-order valence-electron chi connectivity index (χ2n) is 1.53. The van der Waals surface area contributed by atoms with Gasteiger partial charge < -0.3 is 0 Å². The maximum atomic E-state index is 11.4. The summed E-state index contributed by atoms with van der Waals surface area (Å²) < 4.78 is 22.8. The van der Waals surface area contributed by atoms with E-state index in [9.17, 15) is 6.57 Å². The van der Waals surface area contributed by atoms with Gasteiger partial charge in [-0.15, -0.1) is 0 Å².